The van der Waals surface area contributed by atoms with Gasteiger partial charge in [-0.2, -0.15) is 5.10 Å². The van der Waals surface area contributed by atoms with Crippen molar-refractivity contribution in [3.05, 3.63) is 77.6 Å². The van der Waals surface area contributed by atoms with Crippen LogP contribution in [-0.4, -0.2) is 43.9 Å². The van der Waals surface area contributed by atoms with Crippen molar-refractivity contribution in [3.63, 3.8) is 0 Å². The van der Waals surface area contributed by atoms with E-state index in [0.29, 0.717) is 10.7 Å². The lowest BCUT2D eigenvalue weighted by Crippen LogP contribution is -2.43. The minimum Gasteiger partial charge on any atom is -0.324 e. The zero-order valence-corrected chi connectivity index (χ0v) is 20.0. The molecule has 11 heteroatoms. The maximum absolute atomic E-state index is 15.0. The number of hydrazone groups is 1. The predicted molar refractivity (Wildman–Crippen MR) is 133 cm³/mol. The average molecular weight is 515 g/mol. The predicted octanol–water partition coefficient (Wildman–Crippen LogP) is 4.78. The van der Waals surface area contributed by atoms with Crippen LogP contribution in [-0.2, 0) is 14.6 Å². The number of nitrogens with zero attached hydrogens (tertiary/aromatic N) is 2. The SMILES string of the molecule is CS(=O)(=O)c1ccccc1-c1ccc(NC(=O)C2CC=NN2C(=O)Nc2ccc(Cl)cc2)cc1F. The second-order valence-electron chi connectivity index (χ2n) is 7.78. The molecule has 1 aliphatic heterocycles. The third-order valence-electron chi connectivity index (χ3n) is 5.25. The zero-order chi connectivity index (χ0) is 25.2. The Labute approximate surface area is 206 Å². The van der Waals surface area contributed by atoms with Crippen LogP contribution < -0.4 is 10.6 Å². The first-order valence-electron chi connectivity index (χ1n) is 10.4. The summed E-state index contributed by atoms with van der Waals surface area (Å²) in [4.78, 5) is 25.5. The van der Waals surface area contributed by atoms with E-state index in [0.717, 1.165) is 17.3 Å². The summed E-state index contributed by atoms with van der Waals surface area (Å²) in [5.41, 5.74) is 0.933. The molecule has 0 fully saturated rings. The van der Waals surface area contributed by atoms with Crippen molar-refractivity contribution in [2.75, 3.05) is 16.9 Å². The highest BCUT2D eigenvalue weighted by atomic mass is 35.5. The van der Waals surface area contributed by atoms with Crippen molar-refractivity contribution < 1.29 is 22.4 Å². The van der Waals surface area contributed by atoms with E-state index in [9.17, 15) is 22.4 Å². The van der Waals surface area contributed by atoms with Crippen LogP contribution in [0.5, 0.6) is 0 Å². The Hall–Kier alpha value is -3.76. The van der Waals surface area contributed by atoms with Crippen LogP contribution >= 0.6 is 11.6 Å². The van der Waals surface area contributed by atoms with E-state index < -0.39 is 33.6 Å². The maximum atomic E-state index is 15.0. The second kappa shape index (κ2) is 9.85. The maximum Gasteiger partial charge on any atom is 0.343 e. The molecule has 0 radical (unpaired) electrons. The van der Waals surface area contributed by atoms with E-state index in [1.54, 1.807) is 36.4 Å². The Morgan fingerprint density at radius 1 is 1.00 bits per heavy atom. The first kappa shape index (κ1) is 24.4. The number of carbonyl (C=O) groups is 2. The number of sulfone groups is 1. The number of hydrogen-bond acceptors (Lipinski definition) is 5. The van der Waals surface area contributed by atoms with Crippen molar-refractivity contribution in [1.82, 2.24) is 5.01 Å². The van der Waals surface area contributed by atoms with Gasteiger partial charge in [-0.05, 0) is 48.5 Å². The van der Waals surface area contributed by atoms with Crippen LogP contribution in [0, 0.1) is 5.82 Å². The zero-order valence-electron chi connectivity index (χ0n) is 18.4. The molecule has 0 aromatic heterocycles. The molecule has 0 bridgehead atoms. The Morgan fingerprint density at radius 2 is 1.69 bits per heavy atom. The van der Waals surface area contributed by atoms with Gasteiger partial charge in [-0.1, -0.05) is 29.8 Å². The fourth-order valence-electron chi connectivity index (χ4n) is 3.59. The molecule has 3 amide bonds. The van der Waals surface area contributed by atoms with Gasteiger partial charge in [0.05, 0.1) is 4.90 Å². The van der Waals surface area contributed by atoms with Crippen molar-refractivity contribution in [3.8, 4) is 11.1 Å². The molecule has 3 aromatic rings. The molecule has 3 aromatic carbocycles. The van der Waals surface area contributed by atoms with E-state index in [2.05, 4.69) is 15.7 Å². The number of benzene rings is 3. The molecule has 8 nitrogen and oxygen atoms in total. The van der Waals surface area contributed by atoms with Crippen LogP contribution in [0.1, 0.15) is 6.42 Å². The molecule has 2 N–H and O–H groups in total. The lowest BCUT2D eigenvalue weighted by Gasteiger charge is -2.21. The van der Waals surface area contributed by atoms with E-state index in [-0.39, 0.29) is 28.1 Å². The lowest BCUT2D eigenvalue weighted by molar-refractivity contribution is -0.119. The van der Waals surface area contributed by atoms with E-state index in [1.165, 1.54) is 30.5 Å². The molecule has 35 heavy (non-hydrogen) atoms. The smallest absolute Gasteiger partial charge is 0.324 e. The molecular weight excluding hydrogens is 495 g/mol. The van der Waals surface area contributed by atoms with Gasteiger partial charge in [0, 0.05) is 46.4 Å². The largest absolute Gasteiger partial charge is 0.343 e. The first-order valence-corrected chi connectivity index (χ1v) is 12.7. The molecule has 1 atom stereocenters. The van der Waals surface area contributed by atoms with Gasteiger partial charge in [0.15, 0.2) is 9.84 Å². The Morgan fingerprint density at radius 3 is 2.37 bits per heavy atom. The van der Waals surface area contributed by atoms with Crippen LogP contribution in [0.4, 0.5) is 20.6 Å². The van der Waals surface area contributed by atoms with Gasteiger partial charge in [0.2, 0.25) is 5.91 Å². The summed E-state index contributed by atoms with van der Waals surface area (Å²) < 4.78 is 39.1. The summed E-state index contributed by atoms with van der Waals surface area (Å²) in [6.07, 6.45) is 2.68. The number of nitrogens with one attached hydrogen (secondary N) is 2. The number of urea groups is 1. The van der Waals surface area contributed by atoms with Gasteiger partial charge < -0.3 is 10.6 Å². The van der Waals surface area contributed by atoms with E-state index in [4.69, 9.17) is 11.6 Å². The summed E-state index contributed by atoms with van der Waals surface area (Å²) in [5, 5.41) is 10.7. The van der Waals surface area contributed by atoms with Crippen LogP contribution in [0.15, 0.2) is 76.7 Å². The summed E-state index contributed by atoms with van der Waals surface area (Å²) in [7, 11) is -3.58. The summed E-state index contributed by atoms with van der Waals surface area (Å²) in [6, 6.07) is 15.0. The standard InChI is InChI=1S/C24H20ClFN4O4S/c1-35(33,34)22-5-3-2-4-19(22)18-11-10-17(14-20(18)26)28-23(31)21-12-13-27-30(21)24(32)29-16-8-6-15(25)7-9-16/h2-11,13-14,21H,12H2,1H3,(H,28,31)(H,29,32). The number of amides is 3. The number of rotatable bonds is 5. The highest BCUT2D eigenvalue weighted by Gasteiger charge is 2.33. The Kier molecular flexibility index (Phi) is 6.86. The first-order chi connectivity index (χ1) is 16.6. The molecule has 1 unspecified atom stereocenters. The van der Waals surface area contributed by atoms with Gasteiger partial charge in [0.1, 0.15) is 11.9 Å². The van der Waals surface area contributed by atoms with E-state index in [1.807, 2.05) is 0 Å². The number of carbonyl (C=O) groups excluding carboxylic acids is 2. The van der Waals surface area contributed by atoms with Crippen molar-refractivity contribution >= 4 is 51.0 Å². The number of halogens is 2. The van der Waals surface area contributed by atoms with Crippen molar-refractivity contribution in [1.29, 1.82) is 0 Å². The molecule has 0 aliphatic carbocycles. The molecular formula is C24H20ClFN4O4S. The third-order valence-corrected chi connectivity index (χ3v) is 6.66. The summed E-state index contributed by atoms with van der Waals surface area (Å²) in [5.74, 6) is -1.27. The van der Waals surface area contributed by atoms with E-state index >= 15 is 0 Å². The molecule has 1 heterocycles. The van der Waals surface area contributed by atoms with Crippen LogP contribution in [0.3, 0.4) is 0 Å². The second-order valence-corrected chi connectivity index (χ2v) is 10.2. The van der Waals surface area contributed by atoms with Crippen LogP contribution in [0.25, 0.3) is 11.1 Å². The fourth-order valence-corrected chi connectivity index (χ4v) is 4.62. The molecule has 4 rings (SSSR count). The molecule has 1 aliphatic rings. The summed E-state index contributed by atoms with van der Waals surface area (Å²) >= 11 is 5.85. The molecule has 0 saturated heterocycles. The quantitative estimate of drug-likeness (QED) is 0.510. The summed E-state index contributed by atoms with van der Waals surface area (Å²) in [6.45, 7) is 0. The van der Waals surface area contributed by atoms with Gasteiger partial charge in [-0.15, -0.1) is 0 Å². The topological polar surface area (TPSA) is 108 Å². The molecule has 180 valence electrons. The van der Waals surface area contributed by atoms with Crippen molar-refractivity contribution in [2.45, 2.75) is 17.4 Å². The fraction of sp³-hybridized carbons (Fsp3) is 0.125. The van der Waals surface area contributed by atoms with Gasteiger partial charge >= 0.3 is 6.03 Å². The van der Waals surface area contributed by atoms with Gasteiger partial charge in [-0.3, -0.25) is 4.79 Å². The Bertz CT molecular complexity index is 1430. The minimum absolute atomic E-state index is 0.00105. The monoisotopic (exact) mass is 514 g/mol. The average Bonchev–Trinajstić information content (AvgIpc) is 3.31. The molecule has 0 spiro atoms. The highest BCUT2D eigenvalue weighted by Crippen LogP contribution is 2.31. The lowest BCUT2D eigenvalue weighted by atomic mass is 10.0. The number of hydrogen-bond donors (Lipinski definition) is 2. The third kappa shape index (κ3) is 5.50. The highest BCUT2D eigenvalue weighted by molar-refractivity contribution is 7.90. The minimum atomic E-state index is -3.58. The van der Waals surface area contributed by atoms with Crippen LogP contribution in [0.2, 0.25) is 5.02 Å². The van der Waals surface area contributed by atoms with Gasteiger partial charge in [0.25, 0.3) is 0 Å². The van der Waals surface area contributed by atoms with Gasteiger partial charge in [-0.25, -0.2) is 22.6 Å². The normalized spacial score (nSPS) is 15.2. The number of anilines is 2. The molecule has 0 saturated carbocycles. The Balaban J connectivity index is 1.49. The van der Waals surface area contributed by atoms with Crippen molar-refractivity contribution in [2.24, 2.45) is 5.10 Å².